The monoisotopic (exact) mass is 576 g/mol. The lowest BCUT2D eigenvalue weighted by Gasteiger charge is -2.39. The Morgan fingerprint density at radius 3 is 2.49 bits per heavy atom. The molecule has 6 rings (SSSR count). The Balaban J connectivity index is 1.31. The van der Waals surface area contributed by atoms with Crippen molar-refractivity contribution < 1.29 is 18.0 Å². The topological polar surface area (TPSA) is 82.5 Å². The van der Waals surface area contributed by atoms with Gasteiger partial charge in [0, 0.05) is 63.9 Å². The number of benzene rings is 3. The van der Waals surface area contributed by atoms with Crippen LogP contribution in [0, 0.1) is 0 Å². The molecule has 11 heteroatoms. The van der Waals surface area contributed by atoms with Gasteiger partial charge in [-0.1, -0.05) is 35.9 Å². The summed E-state index contributed by atoms with van der Waals surface area (Å²) in [4.78, 5) is 28.2. The Kier molecular flexibility index (Phi) is 6.96. The van der Waals surface area contributed by atoms with Crippen molar-refractivity contribution in [2.75, 3.05) is 25.5 Å². The molecule has 4 aromatic rings. The third-order valence-electron chi connectivity index (χ3n) is 7.22. The van der Waals surface area contributed by atoms with Gasteiger partial charge in [-0.2, -0.15) is 13.2 Å². The van der Waals surface area contributed by atoms with Crippen LogP contribution < -0.4 is 10.6 Å². The molecule has 2 N–H and O–H groups in total. The SMILES string of the molecule is CNC1CN(C(=O)c2ccc(Nc3ncc4c(n3)-c3ccc(Cl)cc3C(c3ccccc3C(F)(F)F)=NC4)cc2)C1. The van der Waals surface area contributed by atoms with Gasteiger partial charge in [-0.05, 0) is 49.5 Å². The molecule has 1 amide bonds. The third kappa shape index (κ3) is 5.28. The largest absolute Gasteiger partial charge is 0.417 e. The summed E-state index contributed by atoms with van der Waals surface area (Å²) in [5, 5.41) is 6.68. The highest BCUT2D eigenvalue weighted by atomic mass is 35.5. The van der Waals surface area contributed by atoms with E-state index in [2.05, 4.69) is 20.6 Å². The van der Waals surface area contributed by atoms with Crippen molar-refractivity contribution in [3.63, 3.8) is 0 Å². The predicted molar refractivity (Wildman–Crippen MR) is 152 cm³/mol. The Bertz CT molecular complexity index is 1670. The minimum atomic E-state index is -4.56. The van der Waals surface area contributed by atoms with Gasteiger partial charge in [-0.3, -0.25) is 9.79 Å². The van der Waals surface area contributed by atoms with E-state index in [1.54, 1.807) is 59.6 Å². The number of nitrogens with zero attached hydrogens (tertiary/aromatic N) is 4. The summed E-state index contributed by atoms with van der Waals surface area (Å²) in [5.41, 5.74) is 2.90. The van der Waals surface area contributed by atoms with Crippen LogP contribution in [0.15, 0.2) is 77.9 Å². The Morgan fingerprint density at radius 2 is 1.76 bits per heavy atom. The number of rotatable bonds is 5. The highest BCUT2D eigenvalue weighted by Gasteiger charge is 2.35. The van der Waals surface area contributed by atoms with E-state index in [1.807, 2.05) is 7.05 Å². The van der Waals surface area contributed by atoms with Crippen molar-refractivity contribution in [1.82, 2.24) is 20.2 Å². The Labute approximate surface area is 239 Å². The number of anilines is 2. The first kappa shape index (κ1) is 26.9. The average Bonchev–Trinajstić information content (AvgIpc) is 3.08. The van der Waals surface area contributed by atoms with E-state index in [0.29, 0.717) is 63.7 Å². The number of carbonyl (C=O) groups excluding carboxylic acids is 1. The second kappa shape index (κ2) is 10.6. The molecule has 0 saturated carbocycles. The van der Waals surface area contributed by atoms with Gasteiger partial charge >= 0.3 is 6.18 Å². The molecule has 2 aliphatic heterocycles. The standard InChI is InChI=1S/C30H24ClF3N6O/c1-35-21-15-40(16-21)28(41)17-6-9-20(10-7-17)38-29-37-14-18-13-36-27(23-4-2-3-5-25(23)30(32,33)34)24-12-19(31)8-11-22(24)26(18)39-29/h2-12,14,21,35H,13,15-16H2,1H3,(H,37,38,39). The number of nitrogens with one attached hydrogen (secondary N) is 2. The first-order valence-corrected chi connectivity index (χ1v) is 13.3. The molecule has 208 valence electrons. The summed E-state index contributed by atoms with van der Waals surface area (Å²) in [6, 6.07) is 17.8. The number of likely N-dealkylation sites (tertiary alicyclic amines) is 1. The van der Waals surface area contributed by atoms with Gasteiger partial charge in [-0.25, -0.2) is 9.97 Å². The average molecular weight is 577 g/mol. The zero-order chi connectivity index (χ0) is 28.7. The smallest absolute Gasteiger partial charge is 0.335 e. The molecular formula is C30H24ClF3N6O. The molecule has 0 aliphatic carbocycles. The molecule has 7 nitrogen and oxygen atoms in total. The minimum Gasteiger partial charge on any atom is -0.335 e. The number of hydrogen-bond donors (Lipinski definition) is 2. The fraction of sp³-hybridized carbons (Fsp3) is 0.200. The van der Waals surface area contributed by atoms with E-state index in [9.17, 15) is 18.0 Å². The maximum absolute atomic E-state index is 13.9. The molecular weight excluding hydrogens is 553 g/mol. The number of aliphatic imine (C=N–C) groups is 1. The van der Waals surface area contributed by atoms with Gasteiger partial charge in [0.05, 0.1) is 23.5 Å². The van der Waals surface area contributed by atoms with Crippen LogP contribution in [0.4, 0.5) is 24.8 Å². The normalized spacial score (nSPS) is 14.9. The summed E-state index contributed by atoms with van der Waals surface area (Å²) >= 11 is 6.31. The zero-order valence-electron chi connectivity index (χ0n) is 21.8. The molecule has 41 heavy (non-hydrogen) atoms. The number of fused-ring (bicyclic) bond motifs is 3. The van der Waals surface area contributed by atoms with Crippen LogP contribution in [-0.4, -0.2) is 52.7 Å². The van der Waals surface area contributed by atoms with Gasteiger partial charge in [-0.15, -0.1) is 0 Å². The number of halogens is 4. The van der Waals surface area contributed by atoms with Crippen LogP contribution in [0.5, 0.6) is 0 Å². The van der Waals surface area contributed by atoms with E-state index in [1.165, 1.54) is 12.1 Å². The quantitative estimate of drug-likeness (QED) is 0.307. The van der Waals surface area contributed by atoms with E-state index in [4.69, 9.17) is 16.6 Å². The van der Waals surface area contributed by atoms with Crippen LogP contribution in [0.1, 0.15) is 32.6 Å². The lowest BCUT2D eigenvalue weighted by atomic mass is 9.92. The molecule has 0 unspecified atom stereocenters. The van der Waals surface area contributed by atoms with E-state index in [-0.39, 0.29) is 23.7 Å². The molecule has 1 fully saturated rings. The van der Waals surface area contributed by atoms with E-state index < -0.39 is 11.7 Å². The lowest BCUT2D eigenvalue weighted by Crippen LogP contribution is -2.58. The van der Waals surface area contributed by atoms with Crippen LogP contribution in [0.2, 0.25) is 5.02 Å². The van der Waals surface area contributed by atoms with Gasteiger partial charge in [0.25, 0.3) is 5.91 Å². The van der Waals surface area contributed by atoms with Crippen LogP contribution in [0.3, 0.4) is 0 Å². The third-order valence-corrected chi connectivity index (χ3v) is 7.45. The highest BCUT2D eigenvalue weighted by Crippen LogP contribution is 2.38. The molecule has 0 bridgehead atoms. The summed E-state index contributed by atoms with van der Waals surface area (Å²) in [6.45, 7) is 1.45. The van der Waals surface area contributed by atoms with Crippen molar-refractivity contribution in [3.8, 4) is 11.3 Å². The van der Waals surface area contributed by atoms with Crippen molar-refractivity contribution in [3.05, 3.63) is 106 Å². The lowest BCUT2D eigenvalue weighted by molar-refractivity contribution is -0.137. The molecule has 1 aromatic heterocycles. The fourth-order valence-electron chi connectivity index (χ4n) is 4.99. The van der Waals surface area contributed by atoms with E-state index in [0.717, 1.165) is 6.07 Å². The Hall–Kier alpha value is -4.28. The number of hydrogen-bond acceptors (Lipinski definition) is 6. The van der Waals surface area contributed by atoms with Crippen LogP contribution in [-0.2, 0) is 12.7 Å². The molecule has 2 aliphatic rings. The first-order valence-electron chi connectivity index (χ1n) is 12.9. The Morgan fingerprint density at radius 1 is 1.00 bits per heavy atom. The van der Waals surface area contributed by atoms with Crippen molar-refractivity contribution in [2.24, 2.45) is 4.99 Å². The van der Waals surface area contributed by atoms with Crippen molar-refractivity contribution in [1.29, 1.82) is 0 Å². The minimum absolute atomic E-state index is 0.0255. The maximum Gasteiger partial charge on any atom is 0.417 e. The van der Waals surface area contributed by atoms with E-state index >= 15 is 0 Å². The van der Waals surface area contributed by atoms with Gasteiger partial charge in [0.2, 0.25) is 5.95 Å². The second-order valence-corrected chi connectivity index (χ2v) is 10.3. The van der Waals surface area contributed by atoms with Gasteiger partial charge in [0.15, 0.2) is 0 Å². The molecule has 3 heterocycles. The fourth-order valence-corrected chi connectivity index (χ4v) is 5.16. The molecule has 3 aromatic carbocycles. The molecule has 1 saturated heterocycles. The zero-order valence-corrected chi connectivity index (χ0v) is 22.6. The molecule has 0 spiro atoms. The number of carbonyl (C=O) groups is 1. The number of amides is 1. The van der Waals surface area contributed by atoms with Gasteiger partial charge in [0.1, 0.15) is 0 Å². The van der Waals surface area contributed by atoms with Gasteiger partial charge < -0.3 is 15.5 Å². The molecule has 0 atom stereocenters. The number of aromatic nitrogens is 2. The predicted octanol–water partition coefficient (Wildman–Crippen LogP) is 5.95. The number of alkyl halides is 3. The number of likely N-dealkylation sites (N-methyl/N-ethyl adjacent to an activating group) is 1. The van der Waals surface area contributed by atoms with Crippen LogP contribution >= 0.6 is 11.6 Å². The van der Waals surface area contributed by atoms with Crippen molar-refractivity contribution in [2.45, 2.75) is 18.8 Å². The maximum atomic E-state index is 13.9. The highest BCUT2D eigenvalue weighted by molar-refractivity contribution is 6.31. The van der Waals surface area contributed by atoms with Crippen molar-refractivity contribution >= 4 is 34.9 Å². The summed E-state index contributed by atoms with van der Waals surface area (Å²) < 4.78 is 41.7. The first-order chi connectivity index (χ1) is 19.7. The molecule has 0 radical (unpaired) electrons. The van der Waals surface area contributed by atoms with Crippen LogP contribution in [0.25, 0.3) is 11.3 Å². The summed E-state index contributed by atoms with van der Waals surface area (Å²) in [6.07, 6.45) is -2.94. The second-order valence-electron chi connectivity index (χ2n) is 9.86. The summed E-state index contributed by atoms with van der Waals surface area (Å²) in [7, 11) is 1.88. The summed E-state index contributed by atoms with van der Waals surface area (Å²) in [5.74, 6) is 0.268.